The summed E-state index contributed by atoms with van der Waals surface area (Å²) in [5.41, 5.74) is 3.36. The number of nitrogens with zero attached hydrogens (tertiary/aromatic N) is 5. The van der Waals surface area contributed by atoms with Crippen LogP contribution < -0.4 is 9.80 Å². The number of para-hydroxylation sites is 2. The average molecular weight is 329 g/mol. The highest BCUT2D eigenvalue weighted by molar-refractivity contribution is 5.85. The van der Waals surface area contributed by atoms with Crippen molar-refractivity contribution in [3.05, 3.63) is 67.0 Å². The van der Waals surface area contributed by atoms with E-state index in [1.807, 2.05) is 24.4 Å². The van der Waals surface area contributed by atoms with Crippen molar-refractivity contribution in [3.63, 3.8) is 0 Å². The van der Waals surface area contributed by atoms with Gasteiger partial charge in [0.15, 0.2) is 5.82 Å². The molecule has 5 heteroatoms. The molecule has 1 aliphatic rings. The molecule has 0 unspecified atom stereocenters. The fourth-order valence-electron chi connectivity index (χ4n) is 3.63. The highest BCUT2D eigenvalue weighted by atomic mass is 15.3. The second-order valence-corrected chi connectivity index (χ2v) is 6.35. The van der Waals surface area contributed by atoms with Crippen molar-refractivity contribution < 1.29 is 0 Å². The van der Waals surface area contributed by atoms with Gasteiger partial charge in [0.1, 0.15) is 5.82 Å². The Balaban J connectivity index is 1.49. The maximum atomic E-state index is 4.97. The van der Waals surface area contributed by atoms with E-state index in [-0.39, 0.29) is 0 Å². The Bertz CT molecular complexity index is 1020. The molecular weight excluding hydrogens is 310 g/mol. The summed E-state index contributed by atoms with van der Waals surface area (Å²) in [4.78, 5) is 14.2. The van der Waals surface area contributed by atoms with E-state index in [9.17, 15) is 0 Å². The molecule has 5 nitrogen and oxygen atoms in total. The molecule has 1 saturated heterocycles. The van der Waals surface area contributed by atoms with Crippen LogP contribution in [0.15, 0.2) is 67.0 Å². The molecule has 0 aliphatic carbocycles. The van der Waals surface area contributed by atoms with Gasteiger partial charge in [0.2, 0.25) is 0 Å². The molecule has 25 heavy (non-hydrogen) atoms. The predicted molar refractivity (Wildman–Crippen MR) is 101 cm³/mol. The topological polar surface area (TPSA) is 36.7 Å². The van der Waals surface area contributed by atoms with Crippen molar-refractivity contribution in [2.24, 2.45) is 0 Å². The molecule has 3 aromatic heterocycles. The molecule has 0 atom stereocenters. The van der Waals surface area contributed by atoms with Crippen LogP contribution in [0.25, 0.3) is 16.6 Å². The van der Waals surface area contributed by atoms with Crippen LogP contribution in [-0.4, -0.2) is 40.5 Å². The van der Waals surface area contributed by atoms with E-state index in [2.05, 4.69) is 61.8 Å². The van der Waals surface area contributed by atoms with Gasteiger partial charge in [-0.1, -0.05) is 18.2 Å². The fourth-order valence-corrected chi connectivity index (χ4v) is 3.63. The number of hydrogen-bond donors (Lipinski definition) is 0. The lowest BCUT2D eigenvalue weighted by Crippen LogP contribution is -2.47. The van der Waals surface area contributed by atoms with Crippen molar-refractivity contribution in [1.29, 1.82) is 0 Å². The van der Waals surface area contributed by atoms with Gasteiger partial charge in [-0.15, -0.1) is 0 Å². The first kappa shape index (κ1) is 14.3. The van der Waals surface area contributed by atoms with Crippen LogP contribution in [-0.2, 0) is 0 Å². The predicted octanol–water partition coefficient (Wildman–Crippen LogP) is 3.21. The molecule has 0 amide bonds. The summed E-state index contributed by atoms with van der Waals surface area (Å²) >= 11 is 0. The van der Waals surface area contributed by atoms with Gasteiger partial charge in [0.25, 0.3) is 0 Å². The molecular formula is C20H19N5. The molecule has 1 aliphatic heterocycles. The standard InChI is InChI=1S/C20H19N5/c1-2-7-17-16(6-1)22-20(18-8-5-11-25(17)18)24-14-12-23(13-15-24)19-9-3-4-10-21-19/h1-11H,12-15H2. The van der Waals surface area contributed by atoms with E-state index >= 15 is 0 Å². The number of pyridine rings is 1. The van der Waals surface area contributed by atoms with Crippen molar-refractivity contribution in [1.82, 2.24) is 14.4 Å². The molecule has 4 heterocycles. The minimum atomic E-state index is 0.947. The summed E-state index contributed by atoms with van der Waals surface area (Å²) < 4.78 is 2.24. The van der Waals surface area contributed by atoms with Gasteiger partial charge in [-0.3, -0.25) is 0 Å². The molecule has 1 aromatic carbocycles. The fraction of sp³-hybridized carbons (Fsp3) is 0.200. The third-order valence-electron chi connectivity index (χ3n) is 4.90. The summed E-state index contributed by atoms with van der Waals surface area (Å²) in [6, 6.07) is 18.7. The molecule has 5 rings (SSSR count). The Hall–Kier alpha value is -3.08. The van der Waals surface area contributed by atoms with Gasteiger partial charge >= 0.3 is 0 Å². The van der Waals surface area contributed by atoms with Crippen molar-refractivity contribution >= 4 is 28.2 Å². The van der Waals surface area contributed by atoms with Gasteiger partial charge in [-0.2, -0.15) is 0 Å². The Morgan fingerprint density at radius 1 is 0.720 bits per heavy atom. The Morgan fingerprint density at radius 3 is 2.32 bits per heavy atom. The summed E-state index contributed by atoms with van der Waals surface area (Å²) in [6.45, 7) is 3.81. The van der Waals surface area contributed by atoms with Gasteiger partial charge < -0.3 is 14.2 Å². The first-order valence-electron chi connectivity index (χ1n) is 8.67. The number of benzene rings is 1. The molecule has 0 spiro atoms. The third kappa shape index (κ3) is 2.39. The Labute approximate surface area is 146 Å². The first-order valence-corrected chi connectivity index (χ1v) is 8.67. The largest absolute Gasteiger partial charge is 0.353 e. The number of anilines is 2. The van der Waals surface area contributed by atoms with E-state index in [4.69, 9.17) is 4.98 Å². The minimum absolute atomic E-state index is 0.947. The van der Waals surface area contributed by atoms with Crippen LogP contribution >= 0.6 is 0 Å². The zero-order valence-electron chi connectivity index (χ0n) is 13.9. The first-order chi connectivity index (χ1) is 12.4. The number of rotatable bonds is 2. The zero-order chi connectivity index (χ0) is 16.6. The zero-order valence-corrected chi connectivity index (χ0v) is 13.9. The van der Waals surface area contributed by atoms with E-state index in [1.54, 1.807) is 0 Å². The number of hydrogen-bond acceptors (Lipinski definition) is 4. The normalized spacial score (nSPS) is 15.2. The van der Waals surface area contributed by atoms with E-state index in [0.29, 0.717) is 0 Å². The summed E-state index contributed by atoms with van der Waals surface area (Å²) in [5, 5.41) is 0. The smallest absolute Gasteiger partial charge is 0.153 e. The van der Waals surface area contributed by atoms with E-state index < -0.39 is 0 Å². The van der Waals surface area contributed by atoms with E-state index in [1.165, 1.54) is 5.52 Å². The molecule has 0 radical (unpaired) electrons. The second-order valence-electron chi connectivity index (χ2n) is 6.35. The highest BCUT2D eigenvalue weighted by Crippen LogP contribution is 2.26. The van der Waals surface area contributed by atoms with Gasteiger partial charge in [0.05, 0.1) is 16.6 Å². The number of aromatic nitrogens is 3. The van der Waals surface area contributed by atoms with Crippen molar-refractivity contribution in [2.45, 2.75) is 0 Å². The molecule has 4 aromatic rings. The maximum absolute atomic E-state index is 4.97. The minimum Gasteiger partial charge on any atom is -0.353 e. The summed E-state index contributed by atoms with van der Waals surface area (Å²) in [7, 11) is 0. The maximum Gasteiger partial charge on any atom is 0.153 e. The monoisotopic (exact) mass is 329 g/mol. The van der Waals surface area contributed by atoms with Crippen LogP contribution in [0.1, 0.15) is 0 Å². The van der Waals surface area contributed by atoms with E-state index in [0.717, 1.165) is 48.8 Å². The lowest BCUT2D eigenvalue weighted by molar-refractivity contribution is 0.643. The summed E-state index contributed by atoms with van der Waals surface area (Å²) in [6.07, 6.45) is 3.98. The molecule has 124 valence electrons. The van der Waals surface area contributed by atoms with Crippen molar-refractivity contribution in [3.8, 4) is 0 Å². The van der Waals surface area contributed by atoms with Crippen molar-refractivity contribution in [2.75, 3.05) is 36.0 Å². The van der Waals surface area contributed by atoms with Gasteiger partial charge in [-0.05, 0) is 36.4 Å². The Morgan fingerprint density at radius 2 is 1.48 bits per heavy atom. The molecule has 0 saturated carbocycles. The van der Waals surface area contributed by atoms with Crippen LogP contribution in [0, 0.1) is 0 Å². The number of piperazine rings is 1. The lowest BCUT2D eigenvalue weighted by Gasteiger charge is -2.36. The lowest BCUT2D eigenvalue weighted by atomic mass is 10.2. The Kier molecular flexibility index (Phi) is 3.30. The average Bonchev–Trinajstić information content (AvgIpc) is 3.18. The number of fused-ring (bicyclic) bond motifs is 3. The second kappa shape index (κ2) is 5.77. The molecule has 1 fully saturated rings. The van der Waals surface area contributed by atoms with Crippen LogP contribution in [0.5, 0.6) is 0 Å². The van der Waals surface area contributed by atoms with Crippen LogP contribution in [0.4, 0.5) is 11.6 Å². The van der Waals surface area contributed by atoms with Crippen LogP contribution in [0.3, 0.4) is 0 Å². The van der Waals surface area contributed by atoms with Crippen LogP contribution in [0.2, 0.25) is 0 Å². The third-order valence-corrected chi connectivity index (χ3v) is 4.90. The molecule has 0 bridgehead atoms. The quantitative estimate of drug-likeness (QED) is 0.566. The summed E-state index contributed by atoms with van der Waals surface area (Å²) in [5.74, 6) is 2.13. The highest BCUT2D eigenvalue weighted by Gasteiger charge is 2.21. The SMILES string of the molecule is c1ccc(N2CCN(c3nc4ccccc4n4cccc34)CC2)nc1. The molecule has 0 N–H and O–H groups in total. The van der Waals surface area contributed by atoms with Gasteiger partial charge in [0, 0.05) is 38.6 Å². The van der Waals surface area contributed by atoms with Gasteiger partial charge in [-0.25, -0.2) is 9.97 Å².